The van der Waals surface area contributed by atoms with E-state index in [1.54, 1.807) is 4.90 Å². The van der Waals surface area contributed by atoms with Gasteiger partial charge in [0.2, 0.25) is 5.91 Å². The second kappa shape index (κ2) is 7.11. The summed E-state index contributed by atoms with van der Waals surface area (Å²) in [6.07, 6.45) is 1.44. The largest absolute Gasteiger partial charge is 0.385 e. The maximum Gasteiger partial charge on any atom is 0.253 e. The molecule has 0 bridgehead atoms. The molecule has 0 saturated carbocycles. The Kier molecular flexibility index (Phi) is 5.20. The number of nitrogens with zero attached hydrogens (tertiary/aromatic N) is 1. The minimum absolute atomic E-state index is 0.00311. The lowest BCUT2D eigenvalue weighted by atomic mass is 10.1. The molecule has 5 heteroatoms. The van der Waals surface area contributed by atoms with E-state index in [2.05, 4.69) is 17.6 Å². The van der Waals surface area contributed by atoms with Crippen LogP contribution in [0.25, 0.3) is 0 Å². The van der Waals surface area contributed by atoms with Crippen LogP contribution in [0.2, 0.25) is 0 Å². The van der Waals surface area contributed by atoms with Gasteiger partial charge < -0.3 is 15.5 Å². The van der Waals surface area contributed by atoms with Crippen molar-refractivity contribution in [2.75, 3.05) is 31.5 Å². The van der Waals surface area contributed by atoms with Gasteiger partial charge in [-0.25, -0.2) is 0 Å². The first-order valence-electron chi connectivity index (χ1n) is 7.52. The summed E-state index contributed by atoms with van der Waals surface area (Å²) in [7, 11) is 0. The molecule has 2 N–H and O–H groups in total. The van der Waals surface area contributed by atoms with Gasteiger partial charge in [-0.2, -0.15) is 0 Å². The summed E-state index contributed by atoms with van der Waals surface area (Å²) in [6.45, 7) is 6.63. The van der Waals surface area contributed by atoms with Crippen molar-refractivity contribution in [3.05, 3.63) is 29.3 Å². The Morgan fingerprint density at radius 1 is 1.38 bits per heavy atom. The number of benzene rings is 1. The predicted octanol–water partition coefficient (Wildman–Crippen LogP) is 1.78. The number of amides is 2. The van der Waals surface area contributed by atoms with E-state index in [9.17, 15) is 9.59 Å². The van der Waals surface area contributed by atoms with Gasteiger partial charge in [0.25, 0.3) is 5.91 Å². The predicted molar refractivity (Wildman–Crippen MR) is 83.5 cm³/mol. The maximum atomic E-state index is 12.5. The zero-order chi connectivity index (χ0) is 15.2. The minimum Gasteiger partial charge on any atom is -0.385 e. The summed E-state index contributed by atoms with van der Waals surface area (Å²) < 4.78 is 0. The highest BCUT2D eigenvalue weighted by molar-refractivity contribution is 5.95. The molecule has 2 rings (SSSR count). The van der Waals surface area contributed by atoms with Gasteiger partial charge >= 0.3 is 0 Å². The Labute approximate surface area is 125 Å². The summed E-state index contributed by atoms with van der Waals surface area (Å²) in [4.78, 5) is 25.6. The molecule has 0 radical (unpaired) electrons. The van der Waals surface area contributed by atoms with Gasteiger partial charge in [-0.05, 0) is 37.1 Å². The molecule has 0 unspecified atom stereocenters. The Bertz CT molecular complexity index is 528. The highest BCUT2D eigenvalue weighted by atomic mass is 16.2. The number of carbonyl (C=O) groups is 2. The maximum absolute atomic E-state index is 12.5. The van der Waals surface area contributed by atoms with Crippen LogP contribution in [0.3, 0.4) is 0 Å². The number of carbonyl (C=O) groups excluding carboxylic acids is 2. The van der Waals surface area contributed by atoms with E-state index < -0.39 is 0 Å². The summed E-state index contributed by atoms with van der Waals surface area (Å²) in [5.41, 5.74) is 2.82. The zero-order valence-corrected chi connectivity index (χ0v) is 12.7. The van der Waals surface area contributed by atoms with Gasteiger partial charge in [0.05, 0.1) is 0 Å². The molecule has 1 fully saturated rings. The lowest BCUT2D eigenvalue weighted by molar-refractivity contribution is -0.120. The average Bonchev–Trinajstić information content (AvgIpc) is 2.70. The van der Waals surface area contributed by atoms with Gasteiger partial charge in [0.1, 0.15) is 0 Å². The van der Waals surface area contributed by atoms with E-state index in [0.717, 1.165) is 24.2 Å². The van der Waals surface area contributed by atoms with E-state index in [0.29, 0.717) is 31.6 Å². The summed E-state index contributed by atoms with van der Waals surface area (Å²) >= 11 is 0. The van der Waals surface area contributed by atoms with Crippen LogP contribution in [0.1, 0.15) is 35.7 Å². The Morgan fingerprint density at radius 3 is 2.90 bits per heavy atom. The molecule has 0 spiro atoms. The Morgan fingerprint density at radius 2 is 2.19 bits per heavy atom. The minimum atomic E-state index is -0.00311. The number of anilines is 1. The number of nitrogens with one attached hydrogen (secondary N) is 2. The van der Waals surface area contributed by atoms with Crippen LogP contribution in [0.5, 0.6) is 0 Å². The van der Waals surface area contributed by atoms with Crippen molar-refractivity contribution in [3.8, 4) is 0 Å². The second-order valence-corrected chi connectivity index (χ2v) is 5.35. The monoisotopic (exact) mass is 289 g/mol. The molecule has 1 aromatic rings. The van der Waals surface area contributed by atoms with Gasteiger partial charge in [0.15, 0.2) is 0 Å². The van der Waals surface area contributed by atoms with Crippen LogP contribution in [0, 0.1) is 6.92 Å². The smallest absolute Gasteiger partial charge is 0.253 e. The molecular weight excluding hydrogens is 266 g/mol. The van der Waals surface area contributed by atoms with Crippen LogP contribution >= 0.6 is 0 Å². The van der Waals surface area contributed by atoms with Crippen molar-refractivity contribution in [1.82, 2.24) is 10.2 Å². The topological polar surface area (TPSA) is 61.4 Å². The summed E-state index contributed by atoms with van der Waals surface area (Å²) in [5, 5.41) is 6.13. The van der Waals surface area contributed by atoms with Crippen molar-refractivity contribution in [2.45, 2.75) is 26.7 Å². The highest BCUT2D eigenvalue weighted by Gasteiger charge is 2.20. The molecule has 1 aliphatic rings. The number of hydrogen-bond acceptors (Lipinski definition) is 3. The quantitative estimate of drug-likeness (QED) is 0.888. The first-order chi connectivity index (χ1) is 10.1. The molecule has 2 amide bonds. The standard InChI is InChI=1S/C16H23N3O2/c1-3-7-17-14-5-4-13(11-12(14)2)16(21)19-9-6-15(20)18-8-10-19/h4-5,11,17H,3,6-10H2,1-2H3,(H,18,20). The van der Waals surface area contributed by atoms with Gasteiger partial charge in [-0.3, -0.25) is 9.59 Å². The van der Waals surface area contributed by atoms with Crippen molar-refractivity contribution >= 4 is 17.5 Å². The average molecular weight is 289 g/mol. The first-order valence-corrected chi connectivity index (χ1v) is 7.52. The number of rotatable bonds is 4. The van der Waals surface area contributed by atoms with Crippen molar-refractivity contribution in [1.29, 1.82) is 0 Å². The molecule has 0 aromatic heterocycles. The Balaban J connectivity index is 2.08. The summed E-state index contributed by atoms with van der Waals surface area (Å²) in [6, 6.07) is 5.73. The van der Waals surface area contributed by atoms with Gasteiger partial charge in [-0.1, -0.05) is 6.92 Å². The van der Waals surface area contributed by atoms with Gasteiger partial charge in [0, 0.05) is 43.9 Å². The third-order valence-corrected chi connectivity index (χ3v) is 3.64. The SMILES string of the molecule is CCCNc1ccc(C(=O)N2CCNC(=O)CC2)cc1C. The first kappa shape index (κ1) is 15.4. The van der Waals surface area contributed by atoms with Crippen LogP contribution in [-0.4, -0.2) is 42.9 Å². The van der Waals surface area contributed by atoms with E-state index in [4.69, 9.17) is 0 Å². The van der Waals surface area contributed by atoms with E-state index in [1.807, 2.05) is 25.1 Å². The van der Waals surface area contributed by atoms with Gasteiger partial charge in [-0.15, -0.1) is 0 Å². The fraction of sp³-hybridized carbons (Fsp3) is 0.500. The lowest BCUT2D eigenvalue weighted by Gasteiger charge is -2.20. The van der Waals surface area contributed by atoms with Crippen LogP contribution < -0.4 is 10.6 Å². The molecule has 5 nitrogen and oxygen atoms in total. The summed E-state index contributed by atoms with van der Waals surface area (Å²) in [5.74, 6) is 0.0113. The number of aryl methyl sites for hydroxylation is 1. The van der Waals surface area contributed by atoms with E-state index >= 15 is 0 Å². The molecule has 1 aliphatic heterocycles. The fourth-order valence-corrected chi connectivity index (χ4v) is 2.41. The van der Waals surface area contributed by atoms with E-state index in [-0.39, 0.29) is 11.8 Å². The Hall–Kier alpha value is -2.04. The molecule has 114 valence electrons. The lowest BCUT2D eigenvalue weighted by Crippen LogP contribution is -2.34. The van der Waals surface area contributed by atoms with Crippen molar-refractivity contribution in [3.63, 3.8) is 0 Å². The van der Waals surface area contributed by atoms with E-state index in [1.165, 1.54) is 0 Å². The third kappa shape index (κ3) is 3.97. The second-order valence-electron chi connectivity index (χ2n) is 5.35. The van der Waals surface area contributed by atoms with Crippen molar-refractivity contribution < 1.29 is 9.59 Å². The molecule has 0 aliphatic carbocycles. The molecule has 1 saturated heterocycles. The number of hydrogen-bond donors (Lipinski definition) is 2. The van der Waals surface area contributed by atoms with Crippen LogP contribution in [0.4, 0.5) is 5.69 Å². The molecule has 21 heavy (non-hydrogen) atoms. The molecule has 1 heterocycles. The van der Waals surface area contributed by atoms with Crippen molar-refractivity contribution in [2.24, 2.45) is 0 Å². The normalized spacial score (nSPS) is 15.3. The zero-order valence-electron chi connectivity index (χ0n) is 12.7. The fourth-order valence-electron chi connectivity index (χ4n) is 2.41. The molecular formula is C16H23N3O2. The van der Waals surface area contributed by atoms with Crippen LogP contribution in [0.15, 0.2) is 18.2 Å². The van der Waals surface area contributed by atoms with Crippen LogP contribution in [-0.2, 0) is 4.79 Å². The molecule has 1 aromatic carbocycles. The third-order valence-electron chi connectivity index (χ3n) is 3.64. The highest BCUT2D eigenvalue weighted by Crippen LogP contribution is 2.18. The molecule has 0 atom stereocenters.